The quantitative estimate of drug-likeness (QED) is 0.293. The van der Waals surface area contributed by atoms with Crippen LogP contribution < -0.4 is 12.1 Å². The molecule has 0 saturated heterocycles. The molecule has 0 spiro atoms. The first-order valence-corrected chi connectivity index (χ1v) is 6.77. The monoisotopic (exact) mass is 506 g/mol. The molecule has 0 aromatic carbocycles. The molecule has 0 unspecified atom stereocenters. The molecule has 0 heterocycles. The molecule has 0 bridgehead atoms. The molecule has 9 nitrogen and oxygen atoms in total. The molecule has 0 aliphatic rings. The third kappa shape index (κ3) is 984. The summed E-state index contributed by atoms with van der Waals surface area (Å²) < 4.78 is 77.1. The van der Waals surface area contributed by atoms with Crippen molar-refractivity contribution in [1.82, 2.24) is 0 Å². The minimum absolute atomic E-state index is 0. The summed E-state index contributed by atoms with van der Waals surface area (Å²) in [5, 5.41) is 0. The topological polar surface area (TPSA) is 172 Å². The van der Waals surface area contributed by atoms with E-state index in [1.54, 1.807) is 0 Å². The van der Waals surface area contributed by atoms with Crippen LogP contribution in [0.25, 0.3) is 0 Å². The van der Waals surface area contributed by atoms with Crippen LogP contribution in [0, 0.1) is 0 Å². The number of rotatable bonds is 0. The van der Waals surface area contributed by atoms with Gasteiger partial charge in [-0.2, -0.15) is 0 Å². The first-order chi connectivity index (χ1) is 5.20. The van der Waals surface area contributed by atoms with Crippen molar-refractivity contribution in [1.29, 1.82) is 0 Å². The Morgan fingerprint density at radius 3 is 0.538 bits per heavy atom. The Bertz CT molecular complexity index is 208. The summed E-state index contributed by atoms with van der Waals surface area (Å²) in [6, 6.07) is 0. The first kappa shape index (κ1) is 23.9. The zero-order valence-electron chi connectivity index (χ0n) is 5.46. The summed E-state index contributed by atoms with van der Waals surface area (Å²) in [5.74, 6) is 0. The van der Waals surface area contributed by atoms with Crippen molar-refractivity contribution in [2.24, 2.45) is 0 Å². The van der Waals surface area contributed by atoms with Crippen LogP contribution in [0.5, 0.6) is 0 Å². The van der Waals surface area contributed by atoms with E-state index >= 15 is 0 Å². The average molecular weight is 506 g/mol. The van der Waals surface area contributed by atoms with E-state index in [1.165, 1.54) is 0 Å². The first-order valence-electron chi connectivity index (χ1n) is 1.64. The summed E-state index contributed by atoms with van der Waals surface area (Å²) in [6.45, 7) is 0. The second-order valence-electron chi connectivity index (χ2n) is 0.671. The molecular formula is BiO9V3. The SMILES string of the molecule is [Bi+3].[O]=[V](=[O])[O-].[O]=[V](=[O])[O-].[O]=[V](=[O])[O-]. The predicted molar refractivity (Wildman–Crippen MR) is 9.87 cm³/mol. The van der Waals surface area contributed by atoms with Crippen molar-refractivity contribution in [3.05, 3.63) is 0 Å². The number of hydrogen-bond donors (Lipinski definition) is 0. The van der Waals surface area contributed by atoms with Crippen LogP contribution in [0.3, 0.4) is 0 Å². The maximum absolute atomic E-state index is 8.56. The van der Waals surface area contributed by atoms with Crippen LogP contribution in [-0.4, -0.2) is 26.2 Å². The molecule has 0 N–H and O–H groups in total. The Balaban J connectivity index is -0.0000000450. The molecular weight excluding hydrogens is 506 g/mol. The Morgan fingerprint density at radius 2 is 0.538 bits per heavy atom. The molecule has 0 rings (SSSR count). The second-order valence-corrected chi connectivity index (χ2v) is 2.77. The van der Waals surface area contributed by atoms with E-state index in [1.807, 2.05) is 0 Å². The molecule has 0 fully saturated rings. The second kappa shape index (κ2) is 19.0. The molecule has 0 saturated carbocycles. The van der Waals surface area contributed by atoms with Gasteiger partial charge in [0, 0.05) is 0 Å². The summed E-state index contributed by atoms with van der Waals surface area (Å²) in [5.41, 5.74) is 0. The van der Waals surface area contributed by atoms with Gasteiger partial charge in [-0.3, -0.25) is 0 Å². The van der Waals surface area contributed by atoms with Crippen molar-refractivity contribution >= 4 is 26.2 Å². The standard InChI is InChI=1S/Bi.9O.3V/q+3;;;;;;;3*-1;;;. The fourth-order valence-electron chi connectivity index (χ4n) is 0. The van der Waals surface area contributed by atoms with Gasteiger partial charge in [-0.15, -0.1) is 0 Å². The van der Waals surface area contributed by atoms with Gasteiger partial charge in [0.25, 0.3) is 0 Å². The summed E-state index contributed by atoms with van der Waals surface area (Å²) in [6.07, 6.45) is 0. The van der Waals surface area contributed by atoms with Crippen LogP contribution >= 0.6 is 0 Å². The van der Waals surface area contributed by atoms with Gasteiger partial charge < -0.3 is 0 Å². The van der Waals surface area contributed by atoms with E-state index in [0.717, 1.165) is 0 Å². The zero-order chi connectivity index (χ0) is 10.7. The fraction of sp³-hybridized carbons (Fsp3) is 0. The van der Waals surface area contributed by atoms with E-state index in [9.17, 15) is 0 Å². The van der Waals surface area contributed by atoms with Gasteiger partial charge in [0.2, 0.25) is 0 Å². The molecule has 13 heteroatoms. The van der Waals surface area contributed by atoms with Gasteiger partial charge in [-0.1, -0.05) is 0 Å². The fourth-order valence-corrected chi connectivity index (χ4v) is 0. The summed E-state index contributed by atoms with van der Waals surface area (Å²) >= 11 is -11.8. The van der Waals surface area contributed by atoms with Gasteiger partial charge in [0.1, 0.15) is 0 Å². The molecule has 74 valence electrons. The Morgan fingerprint density at radius 1 is 0.538 bits per heavy atom. The molecule has 0 atom stereocenters. The molecule has 0 amide bonds. The van der Waals surface area contributed by atoms with Crippen molar-refractivity contribution in [3.8, 4) is 0 Å². The third-order valence-corrected chi connectivity index (χ3v) is 0. The van der Waals surface area contributed by atoms with E-state index in [2.05, 4.69) is 0 Å². The van der Waals surface area contributed by atoms with Crippen molar-refractivity contribution in [3.63, 3.8) is 0 Å². The van der Waals surface area contributed by atoms with E-state index in [4.69, 9.17) is 34.1 Å². The Kier molecular flexibility index (Phi) is 34.8. The molecule has 0 aromatic heterocycles. The molecule has 0 aromatic rings. The van der Waals surface area contributed by atoms with Crippen LogP contribution in [-0.2, 0) is 68.2 Å². The van der Waals surface area contributed by atoms with Crippen LogP contribution in [0.2, 0.25) is 0 Å². The zero-order valence-corrected chi connectivity index (χ0v) is 13.1. The molecule has 13 heavy (non-hydrogen) atoms. The van der Waals surface area contributed by atoms with E-state index in [-0.39, 0.29) is 26.2 Å². The predicted octanol–water partition coefficient (Wildman–Crippen LogP) is -4.67. The maximum atomic E-state index is 8.56. The summed E-state index contributed by atoms with van der Waals surface area (Å²) in [7, 11) is 0. The average Bonchev–Trinajstić information content (AvgIpc) is 1.54. The van der Waals surface area contributed by atoms with Gasteiger partial charge >= 0.3 is 107 Å². The van der Waals surface area contributed by atoms with Crippen LogP contribution in [0.4, 0.5) is 0 Å². The van der Waals surface area contributed by atoms with Crippen LogP contribution in [0.1, 0.15) is 0 Å². The molecule has 0 aliphatic heterocycles. The molecule has 0 aliphatic carbocycles. The van der Waals surface area contributed by atoms with Gasteiger partial charge in [0.15, 0.2) is 0 Å². The van der Waals surface area contributed by atoms with Gasteiger partial charge in [-0.25, -0.2) is 0 Å². The Labute approximate surface area is 105 Å². The van der Waals surface area contributed by atoms with Gasteiger partial charge in [0.05, 0.1) is 0 Å². The Hall–Kier alpha value is 1.32. The molecule has 2 radical (unpaired) electrons. The number of hydrogen-bond acceptors (Lipinski definition) is 9. The van der Waals surface area contributed by atoms with Crippen molar-refractivity contribution in [2.45, 2.75) is 0 Å². The van der Waals surface area contributed by atoms with Crippen LogP contribution in [0.15, 0.2) is 0 Å². The third-order valence-electron chi connectivity index (χ3n) is 0. The normalized spacial score (nSPS) is 5.77. The van der Waals surface area contributed by atoms with E-state index in [0.29, 0.717) is 0 Å². The van der Waals surface area contributed by atoms with Crippen molar-refractivity contribution in [2.75, 3.05) is 0 Å². The minimum atomic E-state index is -3.94. The van der Waals surface area contributed by atoms with Crippen molar-refractivity contribution < 1.29 is 80.3 Å². The summed E-state index contributed by atoms with van der Waals surface area (Å²) in [4.78, 5) is 0. The van der Waals surface area contributed by atoms with E-state index < -0.39 is 46.2 Å². The van der Waals surface area contributed by atoms with Gasteiger partial charge in [-0.05, 0) is 0 Å².